The van der Waals surface area contributed by atoms with Crippen molar-refractivity contribution >= 4 is 41.7 Å². The Morgan fingerprint density at radius 1 is 1.31 bits per heavy atom. The number of hydrogen-bond donors (Lipinski definition) is 1. The molecular weight excluding hydrogens is 360 g/mol. The molecule has 0 heterocycles. The van der Waals surface area contributed by atoms with Crippen molar-refractivity contribution in [1.82, 2.24) is 0 Å². The number of sulfone groups is 1. The van der Waals surface area contributed by atoms with Gasteiger partial charge in [-0.15, -0.1) is 0 Å². The lowest BCUT2D eigenvalue weighted by molar-refractivity contribution is 0.195. The number of alkyl halides is 1. The van der Waals surface area contributed by atoms with E-state index in [2.05, 4.69) is 31.9 Å². The van der Waals surface area contributed by atoms with Crippen LogP contribution in [0.25, 0.3) is 0 Å². The molecule has 16 heavy (non-hydrogen) atoms. The lowest BCUT2D eigenvalue weighted by atomic mass is 10.1. The molecule has 0 amide bonds. The van der Waals surface area contributed by atoms with Gasteiger partial charge in [0.1, 0.15) is 10.3 Å². The first-order chi connectivity index (χ1) is 7.38. The fourth-order valence-electron chi connectivity index (χ4n) is 1.17. The van der Waals surface area contributed by atoms with E-state index in [-0.39, 0.29) is 5.75 Å². The minimum atomic E-state index is -3.30. The Bertz CT molecular complexity index is 442. The van der Waals surface area contributed by atoms with E-state index in [0.717, 1.165) is 4.47 Å². The first-order valence-corrected chi connectivity index (χ1v) is 8.10. The Kier molecular flexibility index (Phi) is 4.97. The molecule has 6 heteroatoms. The van der Waals surface area contributed by atoms with Crippen LogP contribution in [0, 0.1) is 0 Å². The van der Waals surface area contributed by atoms with Gasteiger partial charge in [0, 0.05) is 10.2 Å². The molecule has 0 aliphatic carbocycles. The Morgan fingerprint density at radius 3 is 2.25 bits per heavy atom. The summed E-state index contributed by atoms with van der Waals surface area (Å²) in [6.07, 6.45) is -1.06. The number of halogens is 2. The minimum Gasteiger partial charge on any atom is -0.386 e. The Hall–Kier alpha value is 0.0900. The SMILES string of the molecule is CCS(=O)(=O)C(Br)C(O)c1ccc(Br)cc1. The minimum absolute atomic E-state index is 0.00347. The fraction of sp³-hybridized carbons (Fsp3) is 0.400. The van der Waals surface area contributed by atoms with Crippen molar-refractivity contribution in [3.63, 3.8) is 0 Å². The smallest absolute Gasteiger partial charge is 0.165 e. The molecule has 1 aromatic rings. The summed E-state index contributed by atoms with van der Waals surface area (Å²) >= 11 is 6.30. The second-order valence-corrected chi connectivity index (χ2v) is 8.22. The molecule has 1 N–H and O–H groups in total. The van der Waals surface area contributed by atoms with Gasteiger partial charge in [0.25, 0.3) is 0 Å². The summed E-state index contributed by atoms with van der Waals surface area (Å²) in [7, 11) is -3.30. The van der Waals surface area contributed by atoms with Gasteiger partial charge in [0.05, 0.1) is 0 Å². The van der Waals surface area contributed by atoms with Gasteiger partial charge in [-0.05, 0) is 17.7 Å². The molecule has 0 aliphatic heterocycles. The maximum Gasteiger partial charge on any atom is 0.165 e. The summed E-state index contributed by atoms with van der Waals surface area (Å²) in [6.45, 7) is 1.55. The van der Waals surface area contributed by atoms with E-state index >= 15 is 0 Å². The van der Waals surface area contributed by atoms with Crippen molar-refractivity contribution in [3.8, 4) is 0 Å². The molecule has 0 aliphatic rings. The highest BCUT2D eigenvalue weighted by molar-refractivity contribution is 9.11. The van der Waals surface area contributed by atoms with Crippen molar-refractivity contribution in [2.45, 2.75) is 17.2 Å². The van der Waals surface area contributed by atoms with Crippen LogP contribution in [0.5, 0.6) is 0 Å². The average molecular weight is 372 g/mol. The maximum atomic E-state index is 11.6. The number of hydrogen-bond acceptors (Lipinski definition) is 3. The van der Waals surface area contributed by atoms with Gasteiger partial charge in [-0.25, -0.2) is 8.42 Å². The maximum absolute atomic E-state index is 11.6. The molecule has 2 unspecified atom stereocenters. The highest BCUT2D eigenvalue weighted by Crippen LogP contribution is 2.28. The molecule has 90 valence electrons. The quantitative estimate of drug-likeness (QED) is 0.827. The third-order valence-corrected chi connectivity index (χ3v) is 6.69. The standard InChI is InChI=1S/C10H12Br2O3S/c1-2-16(14,15)10(12)9(13)7-3-5-8(11)6-4-7/h3-6,9-10,13H,2H2,1H3. The lowest BCUT2D eigenvalue weighted by Crippen LogP contribution is -2.24. The van der Waals surface area contributed by atoms with E-state index in [1.54, 1.807) is 31.2 Å². The summed E-state index contributed by atoms with van der Waals surface area (Å²) in [4.78, 5) is 0. The third kappa shape index (κ3) is 3.29. The van der Waals surface area contributed by atoms with E-state index in [0.29, 0.717) is 5.56 Å². The van der Waals surface area contributed by atoms with E-state index in [1.807, 2.05) is 0 Å². The molecule has 0 bridgehead atoms. The predicted octanol–water partition coefficient (Wildman–Crippen LogP) is 2.64. The second kappa shape index (κ2) is 5.62. The summed E-state index contributed by atoms with van der Waals surface area (Å²) in [5.74, 6) is -0.00347. The van der Waals surface area contributed by atoms with Gasteiger partial charge in [-0.1, -0.05) is 50.9 Å². The molecule has 1 rings (SSSR count). The van der Waals surface area contributed by atoms with Gasteiger partial charge in [-0.3, -0.25) is 0 Å². The molecule has 0 saturated carbocycles. The van der Waals surface area contributed by atoms with Crippen LogP contribution in [0.2, 0.25) is 0 Å². The van der Waals surface area contributed by atoms with Crippen molar-refractivity contribution < 1.29 is 13.5 Å². The number of benzene rings is 1. The highest BCUT2D eigenvalue weighted by atomic mass is 79.9. The van der Waals surface area contributed by atoms with Crippen LogP contribution in [-0.4, -0.2) is 23.4 Å². The first kappa shape index (κ1) is 14.2. The normalized spacial score (nSPS) is 15.8. The van der Waals surface area contributed by atoms with Gasteiger partial charge in [-0.2, -0.15) is 0 Å². The Balaban J connectivity index is 2.94. The van der Waals surface area contributed by atoms with Crippen LogP contribution >= 0.6 is 31.9 Å². The topological polar surface area (TPSA) is 54.4 Å². The zero-order chi connectivity index (χ0) is 12.3. The van der Waals surface area contributed by atoms with Crippen molar-refractivity contribution in [2.75, 3.05) is 5.75 Å². The molecule has 0 radical (unpaired) electrons. The number of aliphatic hydroxyl groups excluding tert-OH is 1. The predicted molar refractivity (Wildman–Crippen MR) is 71.3 cm³/mol. The van der Waals surface area contributed by atoms with E-state index in [9.17, 15) is 13.5 Å². The molecule has 0 spiro atoms. The number of rotatable bonds is 4. The van der Waals surface area contributed by atoms with Gasteiger partial charge < -0.3 is 5.11 Å². The summed E-state index contributed by atoms with van der Waals surface area (Å²) in [5, 5.41) is 9.91. The van der Waals surface area contributed by atoms with Gasteiger partial charge in [0.15, 0.2) is 9.84 Å². The fourth-order valence-corrected chi connectivity index (χ4v) is 3.40. The van der Waals surface area contributed by atoms with Crippen LogP contribution in [-0.2, 0) is 9.84 Å². The zero-order valence-electron chi connectivity index (χ0n) is 8.60. The van der Waals surface area contributed by atoms with Gasteiger partial charge in [0.2, 0.25) is 0 Å². The van der Waals surface area contributed by atoms with Gasteiger partial charge >= 0.3 is 0 Å². The van der Waals surface area contributed by atoms with Crippen LogP contribution < -0.4 is 0 Å². The van der Waals surface area contributed by atoms with Crippen molar-refractivity contribution in [1.29, 1.82) is 0 Å². The molecule has 2 atom stereocenters. The highest BCUT2D eigenvalue weighted by Gasteiger charge is 2.29. The van der Waals surface area contributed by atoms with E-state index in [4.69, 9.17) is 0 Å². The molecule has 0 fully saturated rings. The van der Waals surface area contributed by atoms with Crippen LogP contribution in [0.4, 0.5) is 0 Å². The molecule has 3 nitrogen and oxygen atoms in total. The molecule has 0 saturated heterocycles. The summed E-state index contributed by atoms with van der Waals surface area (Å²) in [6, 6.07) is 6.90. The third-order valence-electron chi connectivity index (χ3n) is 2.21. The largest absolute Gasteiger partial charge is 0.386 e. The monoisotopic (exact) mass is 370 g/mol. The lowest BCUT2D eigenvalue weighted by Gasteiger charge is -2.17. The zero-order valence-corrected chi connectivity index (χ0v) is 12.6. The Morgan fingerprint density at radius 2 is 1.81 bits per heavy atom. The molecular formula is C10H12Br2O3S. The molecule has 1 aromatic carbocycles. The van der Waals surface area contributed by atoms with Crippen LogP contribution in [0.1, 0.15) is 18.6 Å². The Labute approximate surface area is 112 Å². The van der Waals surface area contributed by atoms with E-state index in [1.165, 1.54) is 0 Å². The second-order valence-electron chi connectivity index (χ2n) is 3.30. The molecule has 0 aromatic heterocycles. The number of aliphatic hydroxyl groups is 1. The van der Waals surface area contributed by atoms with Crippen molar-refractivity contribution in [3.05, 3.63) is 34.3 Å². The van der Waals surface area contributed by atoms with E-state index < -0.39 is 20.1 Å². The van der Waals surface area contributed by atoms with Crippen LogP contribution in [0.3, 0.4) is 0 Å². The van der Waals surface area contributed by atoms with Crippen LogP contribution in [0.15, 0.2) is 28.7 Å². The first-order valence-electron chi connectivity index (χ1n) is 4.67. The average Bonchev–Trinajstić information content (AvgIpc) is 2.28. The van der Waals surface area contributed by atoms with Crippen molar-refractivity contribution in [2.24, 2.45) is 0 Å². The summed E-state index contributed by atoms with van der Waals surface area (Å²) < 4.78 is 23.0. The summed E-state index contributed by atoms with van der Waals surface area (Å²) in [5.41, 5.74) is 0.571.